The van der Waals surface area contributed by atoms with Gasteiger partial charge in [-0.25, -0.2) is 0 Å². The predicted octanol–water partition coefficient (Wildman–Crippen LogP) is 3.69. The minimum atomic E-state index is 0.145. The number of nitrogens with zero attached hydrogens (tertiary/aromatic N) is 1. The molecule has 1 saturated heterocycles. The lowest BCUT2D eigenvalue weighted by Gasteiger charge is -2.24. The number of hydrogen-bond donors (Lipinski definition) is 1. The largest absolute Gasteiger partial charge is 0.380 e. The minimum absolute atomic E-state index is 0.145. The van der Waals surface area contributed by atoms with Crippen LogP contribution < -0.4 is 0 Å². The van der Waals surface area contributed by atoms with Gasteiger partial charge in [-0.15, -0.1) is 0 Å². The average molecular weight is 326 g/mol. The van der Waals surface area contributed by atoms with Gasteiger partial charge in [-0.2, -0.15) is 0 Å². The van der Waals surface area contributed by atoms with E-state index < -0.39 is 0 Å². The zero-order valence-electron chi connectivity index (χ0n) is 14.4. The van der Waals surface area contributed by atoms with Gasteiger partial charge in [0.15, 0.2) is 0 Å². The number of fused-ring (bicyclic) bond motifs is 3. The fraction of sp³-hybridized carbons (Fsp3) is 0.550. The molecule has 4 heteroatoms. The summed E-state index contributed by atoms with van der Waals surface area (Å²) in [6, 6.07) is 6.41. The molecule has 2 heterocycles. The van der Waals surface area contributed by atoms with E-state index in [1.54, 1.807) is 0 Å². The molecular weight excluding hydrogens is 300 g/mol. The number of likely N-dealkylation sites (tertiary alicyclic amines) is 1. The maximum Gasteiger partial charge on any atom is 0.254 e. The highest BCUT2D eigenvalue weighted by Crippen LogP contribution is 2.30. The highest BCUT2D eigenvalue weighted by Gasteiger charge is 2.29. The molecule has 1 aliphatic heterocycles. The number of rotatable bonds is 4. The molecule has 0 spiro atoms. The lowest BCUT2D eigenvalue weighted by atomic mass is 9.95. The van der Waals surface area contributed by atoms with Crippen LogP contribution in [0.1, 0.15) is 54.2 Å². The Morgan fingerprint density at radius 2 is 2.17 bits per heavy atom. The van der Waals surface area contributed by atoms with Crippen molar-refractivity contribution in [2.75, 3.05) is 19.8 Å². The van der Waals surface area contributed by atoms with Crippen molar-refractivity contribution in [2.24, 2.45) is 0 Å². The van der Waals surface area contributed by atoms with Crippen molar-refractivity contribution in [3.8, 4) is 0 Å². The summed E-state index contributed by atoms with van der Waals surface area (Å²) in [5, 5.41) is 1.30. The molecule has 2 aliphatic rings. The molecule has 1 atom stereocenters. The fourth-order valence-electron chi connectivity index (χ4n) is 4.24. The molecule has 1 aliphatic carbocycles. The van der Waals surface area contributed by atoms with E-state index >= 15 is 0 Å². The number of amides is 1. The van der Waals surface area contributed by atoms with Crippen LogP contribution in [0, 0.1) is 0 Å². The molecule has 4 rings (SSSR count). The van der Waals surface area contributed by atoms with Gasteiger partial charge in [0.1, 0.15) is 0 Å². The predicted molar refractivity (Wildman–Crippen MR) is 95.5 cm³/mol. The van der Waals surface area contributed by atoms with Gasteiger partial charge in [0, 0.05) is 35.3 Å². The quantitative estimate of drug-likeness (QED) is 0.931. The van der Waals surface area contributed by atoms with Crippen molar-refractivity contribution in [2.45, 2.75) is 51.5 Å². The third-order valence-corrected chi connectivity index (χ3v) is 5.50. The number of carbonyl (C=O) groups excluding carboxylic acids is 1. The first-order valence-electron chi connectivity index (χ1n) is 9.30. The number of aromatic amines is 1. The molecule has 2 aromatic rings. The van der Waals surface area contributed by atoms with Crippen molar-refractivity contribution < 1.29 is 9.53 Å². The summed E-state index contributed by atoms with van der Waals surface area (Å²) in [5.74, 6) is 0.145. The second-order valence-electron chi connectivity index (χ2n) is 7.00. The molecule has 4 nitrogen and oxygen atoms in total. The number of carbonyl (C=O) groups is 1. The van der Waals surface area contributed by atoms with E-state index in [0.717, 1.165) is 43.3 Å². The zero-order chi connectivity index (χ0) is 16.5. The first-order valence-corrected chi connectivity index (χ1v) is 9.30. The molecule has 1 amide bonds. The molecule has 0 saturated carbocycles. The maximum atomic E-state index is 13.0. The van der Waals surface area contributed by atoms with Crippen LogP contribution in [-0.2, 0) is 17.6 Å². The van der Waals surface area contributed by atoms with Crippen molar-refractivity contribution in [3.63, 3.8) is 0 Å². The van der Waals surface area contributed by atoms with Crippen molar-refractivity contribution in [1.29, 1.82) is 0 Å². The van der Waals surface area contributed by atoms with Crippen LogP contribution in [0.5, 0.6) is 0 Å². The number of hydrogen-bond acceptors (Lipinski definition) is 2. The molecule has 0 unspecified atom stereocenters. The van der Waals surface area contributed by atoms with Crippen LogP contribution >= 0.6 is 0 Å². The van der Waals surface area contributed by atoms with E-state index in [0.29, 0.717) is 13.2 Å². The first kappa shape index (κ1) is 15.7. The van der Waals surface area contributed by atoms with Gasteiger partial charge in [-0.05, 0) is 63.1 Å². The normalized spacial score (nSPS) is 20.5. The topological polar surface area (TPSA) is 45.3 Å². The van der Waals surface area contributed by atoms with E-state index in [1.165, 1.54) is 29.5 Å². The summed E-state index contributed by atoms with van der Waals surface area (Å²) in [7, 11) is 0. The Kier molecular flexibility index (Phi) is 4.31. The van der Waals surface area contributed by atoms with Crippen LogP contribution in [0.25, 0.3) is 10.9 Å². The van der Waals surface area contributed by atoms with Crippen LogP contribution in [-0.4, -0.2) is 41.6 Å². The highest BCUT2D eigenvalue weighted by molar-refractivity contribution is 5.99. The summed E-state index contributed by atoms with van der Waals surface area (Å²) in [6.45, 7) is 4.21. The van der Waals surface area contributed by atoms with Crippen molar-refractivity contribution in [3.05, 3.63) is 35.0 Å². The van der Waals surface area contributed by atoms with Gasteiger partial charge in [-0.3, -0.25) is 4.79 Å². The summed E-state index contributed by atoms with van der Waals surface area (Å²) < 4.78 is 5.56. The summed E-state index contributed by atoms with van der Waals surface area (Å²) in [4.78, 5) is 18.5. The molecule has 1 aromatic carbocycles. The van der Waals surface area contributed by atoms with E-state index in [1.807, 2.05) is 24.0 Å². The molecule has 0 radical (unpaired) electrons. The Bertz CT molecular complexity index is 749. The first-order chi connectivity index (χ1) is 11.8. The number of ether oxygens (including phenoxy) is 1. The minimum Gasteiger partial charge on any atom is -0.380 e. The monoisotopic (exact) mass is 326 g/mol. The zero-order valence-corrected chi connectivity index (χ0v) is 14.4. The number of benzene rings is 1. The number of aromatic nitrogens is 1. The Morgan fingerprint density at radius 1 is 1.29 bits per heavy atom. The summed E-state index contributed by atoms with van der Waals surface area (Å²) in [6.07, 6.45) is 6.94. The molecule has 128 valence electrons. The van der Waals surface area contributed by atoms with Crippen LogP contribution in [0.4, 0.5) is 0 Å². The second-order valence-corrected chi connectivity index (χ2v) is 7.00. The van der Waals surface area contributed by atoms with E-state index in [-0.39, 0.29) is 11.9 Å². The van der Waals surface area contributed by atoms with Crippen LogP contribution in [0.2, 0.25) is 0 Å². The second kappa shape index (κ2) is 6.60. The molecule has 0 bridgehead atoms. The molecule has 24 heavy (non-hydrogen) atoms. The average Bonchev–Trinajstić information content (AvgIpc) is 3.22. The standard InChI is InChI=1S/C20H26N2O2/c1-2-24-13-15-6-5-11-22(15)20(23)14-9-10-17-16-7-3-4-8-18(16)21-19(17)12-14/h9-10,12,15,21H,2-8,11,13H2,1H3/t15-/m0/s1. The summed E-state index contributed by atoms with van der Waals surface area (Å²) >= 11 is 0. The van der Waals surface area contributed by atoms with Gasteiger partial charge in [0.25, 0.3) is 5.91 Å². The Balaban J connectivity index is 1.60. The van der Waals surface area contributed by atoms with E-state index in [2.05, 4.69) is 11.1 Å². The van der Waals surface area contributed by atoms with Gasteiger partial charge in [-0.1, -0.05) is 6.07 Å². The number of nitrogens with one attached hydrogen (secondary N) is 1. The Morgan fingerprint density at radius 3 is 3.04 bits per heavy atom. The SMILES string of the molecule is CCOC[C@@H]1CCCN1C(=O)c1ccc2c3c([nH]c2c1)CCCC3. The lowest BCUT2D eigenvalue weighted by molar-refractivity contribution is 0.0564. The van der Waals surface area contributed by atoms with E-state index in [9.17, 15) is 4.79 Å². The van der Waals surface area contributed by atoms with Crippen LogP contribution in [0.15, 0.2) is 18.2 Å². The smallest absolute Gasteiger partial charge is 0.254 e. The van der Waals surface area contributed by atoms with E-state index in [4.69, 9.17) is 4.74 Å². The molecule has 1 aromatic heterocycles. The Hall–Kier alpha value is -1.81. The molecule has 1 N–H and O–H groups in total. The van der Waals surface area contributed by atoms with Gasteiger partial charge < -0.3 is 14.6 Å². The molecular formula is C20H26N2O2. The Labute approximate surface area is 143 Å². The molecule has 1 fully saturated rings. The third kappa shape index (κ3) is 2.73. The number of aryl methyl sites for hydroxylation is 2. The highest BCUT2D eigenvalue weighted by atomic mass is 16.5. The third-order valence-electron chi connectivity index (χ3n) is 5.50. The van der Waals surface area contributed by atoms with Gasteiger partial charge in [0.2, 0.25) is 0 Å². The number of H-pyrrole nitrogens is 1. The van der Waals surface area contributed by atoms with Crippen molar-refractivity contribution in [1.82, 2.24) is 9.88 Å². The maximum absolute atomic E-state index is 13.0. The van der Waals surface area contributed by atoms with Crippen molar-refractivity contribution >= 4 is 16.8 Å². The summed E-state index contributed by atoms with van der Waals surface area (Å²) in [5.41, 5.74) is 4.75. The van der Waals surface area contributed by atoms with Crippen LogP contribution in [0.3, 0.4) is 0 Å². The van der Waals surface area contributed by atoms with Gasteiger partial charge in [0.05, 0.1) is 12.6 Å². The fourth-order valence-corrected chi connectivity index (χ4v) is 4.24. The van der Waals surface area contributed by atoms with Gasteiger partial charge >= 0.3 is 0 Å². The lowest BCUT2D eigenvalue weighted by Crippen LogP contribution is -2.38.